The van der Waals surface area contributed by atoms with Crippen molar-refractivity contribution in [2.24, 2.45) is 0 Å². The second-order valence-electron chi connectivity index (χ2n) is 5.47. The van der Waals surface area contributed by atoms with E-state index in [0.29, 0.717) is 31.1 Å². The fourth-order valence-electron chi connectivity index (χ4n) is 2.18. The van der Waals surface area contributed by atoms with Crippen molar-refractivity contribution in [1.29, 1.82) is 0 Å². The van der Waals surface area contributed by atoms with Crippen LogP contribution in [0, 0.1) is 0 Å². The second kappa shape index (κ2) is 10.8. The molecule has 0 atom stereocenters. The summed E-state index contributed by atoms with van der Waals surface area (Å²) < 4.78 is 16.7. The van der Waals surface area contributed by atoms with Crippen LogP contribution in [0.3, 0.4) is 0 Å². The molecule has 3 heterocycles. The summed E-state index contributed by atoms with van der Waals surface area (Å²) in [4.78, 5) is 22.3. The zero-order chi connectivity index (χ0) is 20.4. The first-order chi connectivity index (χ1) is 13.6. The highest BCUT2D eigenvalue weighted by molar-refractivity contribution is 5.63. The van der Waals surface area contributed by atoms with Gasteiger partial charge in [0, 0.05) is 33.0 Å². The lowest BCUT2D eigenvalue weighted by molar-refractivity contribution is -0.110. The predicted molar refractivity (Wildman–Crippen MR) is 105 cm³/mol. The van der Waals surface area contributed by atoms with Gasteiger partial charge in [-0.05, 0) is 12.1 Å². The maximum atomic E-state index is 9.28. The second-order valence-corrected chi connectivity index (χ2v) is 5.47. The van der Waals surface area contributed by atoms with E-state index >= 15 is 0 Å². The van der Waals surface area contributed by atoms with Crippen molar-refractivity contribution in [3.8, 4) is 17.1 Å². The molecule has 0 amide bonds. The van der Waals surface area contributed by atoms with Gasteiger partial charge in [0.05, 0.1) is 24.7 Å². The van der Waals surface area contributed by atoms with Gasteiger partial charge >= 0.3 is 0 Å². The molecule has 0 saturated heterocycles. The van der Waals surface area contributed by atoms with Crippen molar-refractivity contribution in [2.75, 3.05) is 52.1 Å². The molecule has 10 nitrogen and oxygen atoms in total. The Hall–Kier alpha value is -3.24. The number of nitrogens with two attached hydrogens (primary N) is 1. The van der Waals surface area contributed by atoms with Crippen molar-refractivity contribution in [3.05, 3.63) is 30.7 Å². The molecular weight excluding hydrogens is 364 g/mol. The fourth-order valence-corrected chi connectivity index (χ4v) is 2.18. The fraction of sp³-hybridized carbons (Fsp3) is 0.333. The van der Waals surface area contributed by atoms with E-state index < -0.39 is 0 Å². The summed E-state index contributed by atoms with van der Waals surface area (Å²) in [6, 6.07) is 3.85. The van der Waals surface area contributed by atoms with Gasteiger partial charge in [-0.3, -0.25) is 0 Å². The highest BCUT2D eigenvalue weighted by Gasteiger charge is 2.09. The molecule has 3 aromatic heterocycles. The first-order valence-corrected chi connectivity index (χ1v) is 8.46. The lowest BCUT2D eigenvalue weighted by Crippen LogP contribution is -2.08. The van der Waals surface area contributed by atoms with E-state index in [0.717, 1.165) is 17.0 Å². The molecule has 0 aliphatic carbocycles. The monoisotopic (exact) mass is 388 g/mol. The van der Waals surface area contributed by atoms with Crippen molar-refractivity contribution < 1.29 is 19.0 Å². The Labute approximate surface area is 162 Å². The number of nitrogens with one attached hydrogen (secondary N) is 1. The average Bonchev–Trinajstić information content (AvgIpc) is 3.13. The normalized spacial score (nSPS) is 10.2. The number of imidazole rings is 1. The number of pyridine rings is 1. The molecule has 3 rings (SSSR count). The van der Waals surface area contributed by atoms with E-state index in [1.54, 1.807) is 13.3 Å². The maximum Gasteiger partial charge on any atom is 0.257 e. The summed E-state index contributed by atoms with van der Waals surface area (Å²) in [5, 5.41) is 3.01. The number of methoxy groups -OCH3 is 2. The topological polar surface area (TPSA) is 126 Å². The van der Waals surface area contributed by atoms with Crippen LogP contribution in [-0.2, 0) is 14.3 Å². The lowest BCUT2D eigenvalue weighted by Gasteiger charge is -2.08. The molecule has 150 valence electrons. The van der Waals surface area contributed by atoms with E-state index in [-0.39, 0.29) is 12.4 Å². The Kier molecular flexibility index (Phi) is 8.12. The third-order valence-corrected chi connectivity index (χ3v) is 3.53. The summed E-state index contributed by atoms with van der Waals surface area (Å²) >= 11 is 0. The molecule has 0 saturated carbocycles. The highest BCUT2D eigenvalue weighted by atomic mass is 16.5. The summed E-state index contributed by atoms with van der Waals surface area (Å²) in [5.41, 5.74) is 8.21. The van der Waals surface area contributed by atoms with Gasteiger partial charge in [0.2, 0.25) is 0 Å². The van der Waals surface area contributed by atoms with Crippen LogP contribution < -0.4 is 15.8 Å². The van der Waals surface area contributed by atoms with E-state index in [9.17, 15) is 4.79 Å². The van der Waals surface area contributed by atoms with Crippen LogP contribution in [0.4, 0.5) is 11.6 Å². The molecule has 3 N–H and O–H groups in total. The summed E-state index contributed by atoms with van der Waals surface area (Å²) in [5.74, 6) is 1.36. The number of aldehydes is 1. The molecule has 0 bridgehead atoms. The number of hydrogen-bond donors (Lipinski definition) is 2. The minimum Gasteiger partial charge on any atom is -0.473 e. The van der Waals surface area contributed by atoms with Gasteiger partial charge in [0.25, 0.3) is 5.88 Å². The zero-order valence-electron chi connectivity index (χ0n) is 16.1. The third kappa shape index (κ3) is 5.63. The Morgan fingerprint density at radius 3 is 2.64 bits per heavy atom. The summed E-state index contributed by atoms with van der Waals surface area (Å²) in [6.45, 7) is 1.03. The van der Waals surface area contributed by atoms with Crippen LogP contribution in [0.15, 0.2) is 30.7 Å². The molecule has 3 aromatic rings. The van der Waals surface area contributed by atoms with Crippen molar-refractivity contribution in [2.45, 2.75) is 0 Å². The molecule has 0 aliphatic rings. The molecule has 0 aromatic carbocycles. The Balaban J connectivity index is 0.000000500. The van der Waals surface area contributed by atoms with Gasteiger partial charge < -0.3 is 34.5 Å². The predicted octanol–water partition coefficient (Wildman–Crippen LogP) is 1.27. The number of ether oxygens (including phenoxy) is 3. The van der Waals surface area contributed by atoms with Crippen LogP contribution in [0.1, 0.15) is 0 Å². The zero-order valence-corrected chi connectivity index (χ0v) is 16.1. The number of nitrogens with zero attached hydrogens (tertiary/aromatic N) is 4. The van der Waals surface area contributed by atoms with Crippen LogP contribution in [0.2, 0.25) is 0 Å². The van der Waals surface area contributed by atoms with E-state index in [2.05, 4.69) is 25.0 Å². The standard InChI is InChI=1S/C15H18N6O2.C3H6O2/c1-17-12-9-21-8-10(3-4-13(21)20-12)11-7-18-14(16)15(19-11)23-6-5-22-2;1-5-3-2-4/h3-4,7-9,17H,5-6H2,1-2H3,(H2,16,18);2H,3H2,1H3. The number of hydrogen-bond acceptors (Lipinski definition) is 9. The molecule has 0 radical (unpaired) electrons. The number of fused-ring (bicyclic) bond motifs is 1. The molecular formula is C18H24N6O4. The Morgan fingerprint density at radius 1 is 1.18 bits per heavy atom. The number of anilines is 2. The molecule has 28 heavy (non-hydrogen) atoms. The Bertz CT molecular complexity index is 899. The van der Waals surface area contributed by atoms with Gasteiger partial charge in [-0.15, -0.1) is 0 Å². The first kappa shape index (κ1) is 21.1. The highest BCUT2D eigenvalue weighted by Crippen LogP contribution is 2.23. The minimum absolute atomic E-state index is 0.208. The first-order valence-electron chi connectivity index (χ1n) is 8.46. The smallest absolute Gasteiger partial charge is 0.257 e. The number of nitrogen functional groups attached to an aromatic ring is 1. The van der Waals surface area contributed by atoms with Gasteiger partial charge in [0.15, 0.2) is 5.82 Å². The molecule has 0 unspecified atom stereocenters. The van der Waals surface area contributed by atoms with Crippen molar-refractivity contribution in [1.82, 2.24) is 19.4 Å². The molecule has 0 spiro atoms. The van der Waals surface area contributed by atoms with Gasteiger partial charge in [-0.25, -0.2) is 15.0 Å². The van der Waals surface area contributed by atoms with Gasteiger partial charge in [-0.2, -0.15) is 0 Å². The SMILES string of the molecule is CNc1cn2cc(-c3cnc(N)c(OCCOC)n3)ccc2n1.COCC=O. The van der Waals surface area contributed by atoms with Crippen molar-refractivity contribution in [3.63, 3.8) is 0 Å². The molecule has 10 heteroatoms. The Morgan fingerprint density at radius 2 is 2.00 bits per heavy atom. The largest absolute Gasteiger partial charge is 0.473 e. The summed E-state index contributed by atoms with van der Waals surface area (Å²) in [7, 11) is 4.92. The van der Waals surface area contributed by atoms with Crippen LogP contribution in [-0.4, -0.2) is 66.7 Å². The molecule has 0 aliphatic heterocycles. The van der Waals surface area contributed by atoms with Gasteiger partial charge in [0.1, 0.15) is 31.0 Å². The quantitative estimate of drug-likeness (QED) is 0.433. The van der Waals surface area contributed by atoms with E-state index in [1.165, 1.54) is 7.11 Å². The van der Waals surface area contributed by atoms with E-state index in [1.807, 2.05) is 36.0 Å². The number of rotatable bonds is 8. The number of aromatic nitrogens is 4. The average molecular weight is 388 g/mol. The van der Waals surface area contributed by atoms with Crippen LogP contribution in [0.5, 0.6) is 5.88 Å². The number of carbonyl (C=O) groups excluding carboxylic acids is 1. The van der Waals surface area contributed by atoms with E-state index in [4.69, 9.17) is 15.2 Å². The minimum atomic E-state index is 0.208. The van der Waals surface area contributed by atoms with Crippen LogP contribution >= 0.6 is 0 Å². The lowest BCUT2D eigenvalue weighted by atomic mass is 10.2. The summed E-state index contributed by atoms with van der Waals surface area (Å²) in [6.07, 6.45) is 6.16. The maximum absolute atomic E-state index is 9.28. The number of carbonyl (C=O) groups is 1. The van der Waals surface area contributed by atoms with Crippen LogP contribution in [0.25, 0.3) is 16.9 Å². The third-order valence-electron chi connectivity index (χ3n) is 3.53. The molecule has 0 fully saturated rings. The van der Waals surface area contributed by atoms with Crippen molar-refractivity contribution >= 4 is 23.6 Å². The van der Waals surface area contributed by atoms with Gasteiger partial charge in [-0.1, -0.05) is 0 Å².